The highest BCUT2D eigenvalue weighted by molar-refractivity contribution is 8.05. The van der Waals surface area contributed by atoms with Gasteiger partial charge in [-0.3, -0.25) is 4.79 Å². The van der Waals surface area contributed by atoms with Gasteiger partial charge in [0, 0.05) is 12.2 Å². The molecule has 0 heterocycles. The van der Waals surface area contributed by atoms with Crippen LogP contribution in [0.3, 0.4) is 0 Å². The van der Waals surface area contributed by atoms with E-state index in [1.165, 1.54) is 6.92 Å². The van der Waals surface area contributed by atoms with Gasteiger partial charge in [-0.15, -0.1) is 0 Å². The van der Waals surface area contributed by atoms with Gasteiger partial charge in [-0.25, -0.2) is 8.42 Å². The summed E-state index contributed by atoms with van der Waals surface area (Å²) in [5.74, 6) is -0.541. The molecule has 4 nitrogen and oxygen atoms in total. The average molecular weight is 270 g/mol. The van der Waals surface area contributed by atoms with E-state index in [-0.39, 0.29) is 0 Å². The van der Waals surface area contributed by atoms with Crippen molar-refractivity contribution in [1.29, 1.82) is 0 Å². The zero-order chi connectivity index (χ0) is 14.0. The van der Waals surface area contributed by atoms with Crippen molar-refractivity contribution in [2.45, 2.75) is 31.8 Å². The van der Waals surface area contributed by atoms with Crippen molar-refractivity contribution >= 4 is 15.0 Å². The molecule has 1 aromatic rings. The van der Waals surface area contributed by atoms with E-state index in [2.05, 4.69) is 0 Å². The predicted octanol–water partition coefficient (Wildman–Crippen LogP) is 1.50. The minimum atomic E-state index is -3.91. The Hall–Kier alpha value is -1.20. The molecule has 0 fully saturated rings. The molecule has 1 aromatic carbocycles. The van der Waals surface area contributed by atoms with Crippen molar-refractivity contribution in [2.75, 3.05) is 6.26 Å². The molecule has 100 valence electrons. The monoisotopic (exact) mass is 270 g/mol. The molecule has 0 radical (unpaired) electrons. The second kappa shape index (κ2) is 5.20. The van der Waals surface area contributed by atoms with Crippen molar-refractivity contribution in [3.05, 3.63) is 35.9 Å². The van der Waals surface area contributed by atoms with Gasteiger partial charge in [0.15, 0.2) is 0 Å². The largest absolute Gasteiger partial charge is 0.381 e. The molecule has 0 saturated heterocycles. The van der Waals surface area contributed by atoms with Gasteiger partial charge in [-0.05, 0) is 18.9 Å². The minimum absolute atomic E-state index is 0.471. The van der Waals surface area contributed by atoms with E-state index in [1.807, 2.05) is 13.0 Å². The van der Waals surface area contributed by atoms with Crippen molar-refractivity contribution in [3.63, 3.8) is 0 Å². The first-order valence-corrected chi connectivity index (χ1v) is 7.62. The van der Waals surface area contributed by atoms with Crippen LogP contribution in [0.2, 0.25) is 0 Å². The summed E-state index contributed by atoms with van der Waals surface area (Å²) < 4.78 is 22.6. The number of carbonyl (C=O) groups is 1. The molecule has 0 aliphatic heterocycles. The number of benzene rings is 1. The highest BCUT2D eigenvalue weighted by Crippen LogP contribution is 2.33. The molecule has 0 aromatic heterocycles. The SMILES string of the molecule is CCC(c1ccccc1)C(C)(O)C(=O)S(C)(=O)=O. The Labute approximate surface area is 108 Å². The van der Waals surface area contributed by atoms with Crippen LogP contribution in [0.15, 0.2) is 30.3 Å². The Morgan fingerprint density at radius 2 is 1.83 bits per heavy atom. The Balaban J connectivity index is 3.21. The summed E-state index contributed by atoms with van der Waals surface area (Å²) in [6.07, 6.45) is 1.29. The maximum Gasteiger partial charge on any atom is 0.277 e. The second-order valence-corrected chi connectivity index (χ2v) is 6.49. The maximum absolute atomic E-state index is 11.8. The molecule has 0 amide bonds. The smallest absolute Gasteiger partial charge is 0.277 e. The molecular weight excluding hydrogens is 252 g/mol. The molecule has 0 aliphatic rings. The summed E-state index contributed by atoms with van der Waals surface area (Å²) in [6, 6.07) is 8.96. The van der Waals surface area contributed by atoms with E-state index < -0.39 is 26.5 Å². The molecule has 2 atom stereocenters. The van der Waals surface area contributed by atoms with Gasteiger partial charge < -0.3 is 5.11 Å². The van der Waals surface area contributed by atoms with Crippen LogP contribution in [-0.2, 0) is 14.6 Å². The van der Waals surface area contributed by atoms with Gasteiger partial charge in [-0.1, -0.05) is 37.3 Å². The van der Waals surface area contributed by atoms with Crippen LogP contribution in [0.1, 0.15) is 31.7 Å². The van der Waals surface area contributed by atoms with Crippen LogP contribution >= 0.6 is 0 Å². The van der Waals surface area contributed by atoms with Crippen molar-refractivity contribution in [3.8, 4) is 0 Å². The van der Waals surface area contributed by atoms with Crippen molar-refractivity contribution < 1.29 is 18.3 Å². The summed E-state index contributed by atoms with van der Waals surface area (Å²) in [5, 5.41) is 9.17. The third kappa shape index (κ3) is 2.97. The molecule has 2 unspecified atom stereocenters. The highest BCUT2D eigenvalue weighted by atomic mass is 32.2. The lowest BCUT2D eigenvalue weighted by Gasteiger charge is -2.30. The molecule has 0 spiro atoms. The molecule has 0 bridgehead atoms. The van der Waals surface area contributed by atoms with Gasteiger partial charge in [0.1, 0.15) is 5.60 Å². The van der Waals surface area contributed by atoms with E-state index in [0.29, 0.717) is 6.42 Å². The van der Waals surface area contributed by atoms with Crippen LogP contribution in [0, 0.1) is 0 Å². The van der Waals surface area contributed by atoms with Gasteiger partial charge in [0.05, 0.1) is 0 Å². The first-order valence-electron chi connectivity index (χ1n) is 5.73. The highest BCUT2D eigenvalue weighted by Gasteiger charge is 2.43. The number of sulfone groups is 1. The standard InChI is InChI=1S/C13H18O4S/c1-4-11(10-8-6-5-7-9-10)13(2,15)12(14)18(3,16)17/h5-9,11,15H,4H2,1-3H3. The predicted molar refractivity (Wildman–Crippen MR) is 69.9 cm³/mol. The van der Waals surface area contributed by atoms with Crippen LogP contribution in [-0.4, -0.2) is 30.5 Å². The molecule has 0 saturated carbocycles. The maximum atomic E-state index is 11.8. The van der Waals surface area contributed by atoms with E-state index in [9.17, 15) is 18.3 Å². The second-order valence-electron chi connectivity index (χ2n) is 4.58. The molecule has 1 rings (SSSR count). The lowest BCUT2D eigenvalue weighted by atomic mass is 9.82. The van der Waals surface area contributed by atoms with E-state index in [1.54, 1.807) is 24.3 Å². The number of carbonyl (C=O) groups excluding carboxylic acids is 1. The summed E-state index contributed by atoms with van der Waals surface area (Å²) in [7, 11) is -3.91. The van der Waals surface area contributed by atoms with Crippen LogP contribution in [0.5, 0.6) is 0 Å². The first-order chi connectivity index (χ1) is 8.21. The summed E-state index contributed by atoms with van der Waals surface area (Å²) >= 11 is 0. The lowest BCUT2D eigenvalue weighted by molar-refractivity contribution is -0.129. The fourth-order valence-corrected chi connectivity index (χ4v) is 3.05. The Bertz CT molecular complexity index is 517. The number of hydrogen-bond acceptors (Lipinski definition) is 4. The number of aliphatic hydroxyl groups is 1. The Kier molecular flexibility index (Phi) is 4.29. The van der Waals surface area contributed by atoms with Crippen molar-refractivity contribution in [2.24, 2.45) is 0 Å². The van der Waals surface area contributed by atoms with Crippen LogP contribution in [0.4, 0.5) is 0 Å². The minimum Gasteiger partial charge on any atom is -0.381 e. The fourth-order valence-electron chi connectivity index (χ4n) is 2.16. The van der Waals surface area contributed by atoms with Gasteiger partial charge in [0.25, 0.3) is 5.12 Å². The summed E-state index contributed by atoms with van der Waals surface area (Å²) in [5.41, 5.74) is -1.16. The third-order valence-electron chi connectivity index (χ3n) is 3.04. The molecule has 5 heteroatoms. The Morgan fingerprint density at radius 1 is 1.33 bits per heavy atom. The first kappa shape index (κ1) is 14.9. The molecule has 0 aliphatic carbocycles. The van der Waals surface area contributed by atoms with E-state index in [4.69, 9.17) is 0 Å². The van der Waals surface area contributed by atoms with Gasteiger partial charge >= 0.3 is 0 Å². The quantitative estimate of drug-likeness (QED) is 0.900. The summed E-state index contributed by atoms with van der Waals surface area (Å²) in [4.78, 5) is 11.8. The normalized spacial score (nSPS) is 16.9. The molecule has 18 heavy (non-hydrogen) atoms. The topological polar surface area (TPSA) is 71.4 Å². The average Bonchev–Trinajstić information content (AvgIpc) is 2.29. The van der Waals surface area contributed by atoms with Crippen LogP contribution in [0.25, 0.3) is 0 Å². The molecule has 1 N–H and O–H groups in total. The van der Waals surface area contributed by atoms with Gasteiger partial charge in [0.2, 0.25) is 9.84 Å². The van der Waals surface area contributed by atoms with E-state index in [0.717, 1.165) is 11.8 Å². The number of hydrogen-bond donors (Lipinski definition) is 1. The van der Waals surface area contributed by atoms with Gasteiger partial charge in [-0.2, -0.15) is 0 Å². The fraction of sp³-hybridized carbons (Fsp3) is 0.462. The van der Waals surface area contributed by atoms with Crippen LogP contribution < -0.4 is 0 Å². The number of rotatable bonds is 4. The third-order valence-corrected chi connectivity index (χ3v) is 4.13. The molecular formula is C13H18O4S. The zero-order valence-electron chi connectivity index (χ0n) is 10.8. The summed E-state index contributed by atoms with van der Waals surface area (Å²) in [6.45, 7) is 3.07. The van der Waals surface area contributed by atoms with Crippen molar-refractivity contribution in [1.82, 2.24) is 0 Å². The lowest BCUT2D eigenvalue weighted by Crippen LogP contribution is -2.45. The zero-order valence-corrected chi connectivity index (χ0v) is 11.6. The van der Waals surface area contributed by atoms with E-state index >= 15 is 0 Å². The Morgan fingerprint density at radius 3 is 2.22 bits per heavy atom.